The van der Waals surface area contributed by atoms with Gasteiger partial charge in [0, 0.05) is 49.0 Å². The maximum Gasteiger partial charge on any atom is 0.319 e. The lowest BCUT2D eigenvalue weighted by Gasteiger charge is -2.22. The van der Waals surface area contributed by atoms with E-state index in [2.05, 4.69) is 20.9 Å². The summed E-state index contributed by atoms with van der Waals surface area (Å²) in [6.45, 7) is 0.349. The Bertz CT molecular complexity index is 930. The summed E-state index contributed by atoms with van der Waals surface area (Å²) >= 11 is 0. The molecule has 2 atom stereocenters. The number of nitrogens with one attached hydrogen (secondary N) is 3. The number of aliphatic imine (C=N–C) groups is 1. The van der Waals surface area contributed by atoms with Crippen LogP contribution < -0.4 is 20.7 Å². The van der Waals surface area contributed by atoms with E-state index in [1.54, 1.807) is 0 Å². The lowest BCUT2D eigenvalue weighted by Crippen LogP contribution is -2.45. The highest BCUT2D eigenvalue weighted by atomic mass is 19.1. The molecule has 10 heteroatoms. The van der Waals surface area contributed by atoms with Gasteiger partial charge in [0.1, 0.15) is 29.0 Å². The van der Waals surface area contributed by atoms with E-state index in [9.17, 15) is 18.0 Å². The van der Waals surface area contributed by atoms with E-state index in [1.807, 2.05) is 0 Å². The van der Waals surface area contributed by atoms with Crippen molar-refractivity contribution in [2.45, 2.75) is 18.4 Å². The van der Waals surface area contributed by atoms with Crippen molar-refractivity contribution in [1.29, 1.82) is 0 Å². The van der Waals surface area contributed by atoms with Crippen LogP contribution in [0.3, 0.4) is 0 Å². The summed E-state index contributed by atoms with van der Waals surface area (Å²) in [5.74, 6) is -2.44. The molecule has 1 saturated heterocycles. The van der Waals surface area contributed by atoms with Gasteiger partial charge in [-0.25, -0.2) is 18.0 Å². The predicted molar refractivity (Wildman–Crippen MR) is 110 cm³/mol. The minimum Gasteiger partial charge on any atom is -0.497 e. The number of aliphatic hydroxyl groups is 1. The van der Waals surface area contributed by atoms with Crippen molar-refractivity contribution in [3.63, 3.8) is 0 Å². The number of aliphatic hydroxyl groups excluding tert-OH is 1. The summed E-state index contributed by atoms with van der Waals surface area (Å²) < 4.78 is 47.4. The highest BCUT2D eigenvalue weighted by Crippen LogP contribution is 2.31. The van der Waals surface area contributed by atoms with Crippen molar-refractivity contribution in [3.05, 3.63) is 59.4 Å². The van der Waals surface area contributed by atoms with Crippen LogP contribution in [0, 0.1) is 17.5 Å². The molecule has 31 heavy (non-hydrogen) atoms. The molecule has 7 nitrogen and oxygen atoms in total. The van der Waals surface area contributed by atoms with Crippen LogP contribution in [0.2, 0.25) is 0 Å². The largest absolute Gasteiger partial charge is 0.497 e. The molecule has 4 N–H and O–H groups in total. The lowest BCUT2D eigenvalue weighted by molar-refractivity contribution is 0.250. The van der Waals surface area contributed by atoms with Gasteiger partial charge in [-0.1, -0.05) is 0 Å². The third kappa shape index (κ3) is 5.46. The Morgan fingerprint density at radius 3 is 2.52 bits per heavy atom. The van der Waals surface area contributed by atoms with Crippen molar-refractivity contribution in [2.75, 3.05) is 32.1 Å². The normalized spacial score (nSPS) is 19.2. The second-order valence-electron chi connectivity index (χ2n) is 6.92. The molecule has 166 valence electrons. The highest BCUT2D eigenvalue weighted by molar-refractivity contribution is 5.97. The number of benzene rings is 2. The third-order valence-corrected chi connectivity index (χ3v) is 4.85. The van der Waals surface area contributed by atoms with E-state index in [4.69, 9.17) is 9.84 Å². The molecule has 2 amide bonds. The number of ether oxygens (including phenoxy) is 1. The average Bonchev–Trinajstić information content (AvgIpc) is 3.11. The monoisotopic (exact) mass is 436 g/mol. The van der Waals surface area contributed by atoms with Crippen LogP contribution in [0.4, 0.5) is 23.7 Å². The van der Waals surface area contributed by atoms with Gasteiger partial charge in [-0.2, -0.15) is 0 Å². The van der Waals surface area contributed by atoms with Crippen LogP contribution in [0.15, 0.2) is 41.4 Å². The van der Waals surface area contributed by atoms with E-state index in [0.29, 0.717) is 17.9 Å². The van der Waals surface area contributed by atoms with Gasteiger partial charge < -0.3 is 25.8 Å². The molecule has 0 aliphatic carbocycles. The number of nitrogens with zero attached hydrogens (tertiary/aromatic N) is 1. The van der Waals surface area contributed by atoms with Crippen molar-refractivity contribution in [1.82, 2.24) is 10.6 Å². The van der Waals surface area contributed by atoms with Crippen LogP contribution in [-0.2, 0) is 0 Å². The first kappa shape index (κ1) is 22.4. The van der Waals surface area contributed by atoms with Crippen molar-refractivity contribution in [3.8, 4) is 5.75 Å². The number of amides is 2. The van der Waals surface area contributed by atoms with Gasteiger partial charge in [0.2, 0.25) is 0 Å². The van der Waals surface area contributed by atoms with Crippen molar-refractivity contribution >= 4 is 17.6 Å². The molecule has 2 aromatic carbocycles. The molecule has 1 heterocycles. The average molecular weight is 436 g/mol. The lowest BCUT2D eigenvalue weighted by atomic mass is 9.92. The molecule has 2 aromatic rings. The molecule has 1 fully saturated rings. The molecule has 1 aliphatic heterocycles. The number of anilines is 1. The van der Waals surface area contributed by atoms with Gasteiger partial charge in [-0.05, 0) is 30.7 Å². The standard InChI is InChI=1S/C21H23F3N4O3/c1-31-14-9-16(23)18(17(24)10-14)15-11-26-20(25-7-2-8-29)19(15)28-21(30)27-13-5-3-12(22)4-6-13/h3-6,9-10,15,19,29H,2,7-8,11H2,1H3,(H,25,26)(H2,27,28,30)/t15-,19-/m0/s1. The summed E-state index contributed by atoms with van der Waals surface area (Å²) in [6.07, 6.45) is 0.398. The molecule has 0 bridgehead atoms. The first-order valence-electron chi connectivity index (χ1n) is 9.68. The van der Waals surface area contributed by atoms with Gasteiger partial charge in [0.05, 0.1) is 13.2 Å². The Morgan fingerprint density at radius 1 is 1.23 bits per heavy atom. The first-order chi connectivity index (χ1) is 14.9. The summed E-state index contributed by atoms with van der Waals surface area (Å²) in [5, 5.41) is 17.2. The first-order valence-corrected chi connectivity index (χ1v) is 9.68. The quantitative estimate of drug-likeness (QED) is 0.502. The molecule has 0 spiro atoms. The zero-order valence-corrected chi connectivity index (χ0v) is 16.8. The number of hydrogen-bond acceptors (Lipinski definition) is 4. The minimum absolute atomic E-state index is 0.0418. The van der Waals surface area contributed by atoms with Crippen LogP contribution in [0.25, 0.3) is 0 Å². The van der Waals surface area contributed by atoms with Gasteiger partial charge in [0.15, 0.2) is 0 Å². The Morgan fingerprint density at radius 2 is 1.90 bits per heavy atom. The van der Waals surface area contributed by atoms with Gasteiger partial charge in [0.25, 0.3) is 0 Å². The van der Waals surface area contributed by atoms with E-state index in [0.717, 1.165) is 12.1 Å². The maximum absolute atomic E-state index is 14.7. The number of urea groups is 1. The number of hydrogen-bond donors (Lipinski definition) is 4. The summed E-state index contributed by atoms with van der Waals surface area (Å²) in [4.78, 5) is 16.8. The number of halogens is 3. The van der Waals surface area contributed by atoms with E-state index in [1.165, 1.54) is 31.4 Å². The molecule has 1 aliphatic rings. The number of methoxy groups -OCH3 is 1. The fraction of sp³-hybridized carbons (Fsp3) is 0.333. The molecule has 0 radical (unpaired) electrons. The van der Waals surface area contributed by atoms with Crippen LogP contribution in [0.1, 0.15) is 17.9 Å². The summed E-state index contributed by atoms with van der Waals surface area (Å²) in [5.41, 5.74) is 0.148. The van der Waals surface area contributed by atoms with Gasteiger partial charge in [-0.15, -0.1) is 0 Å². The van der Waals surface area contributed by atoms with Crippen LogP contribution >= 0.6 is 0 Å². The Kier molecular flexibility index (Phi) is 7.35. The van der Waals surface area contributed by atoms with E-state index >= 15 is 0 Å². The summed E-state index contributed by atoms with van der Waals surface area (Å²) in [6, 6.07) is 5.82. The third-order valence-electron chi connectivity index (χ3n) is 4.85. The van der Waals surface area contributed by atoms with Crippen LogP contribution in [0.5, 0.6) is 5.75 Å². The number of rotatable bonds is 7. The Hall–Kier alpha value is -3.27. The Labute approximate surface area is 177 Å². The van der Waals surface area contributed by atoms with E-state index < -0.39 is 35.4 Å². The molecule has 3 rings (SSSR count). The molecule has 0 aromatic heterocycles. The molecular formula is C21H23F3N4O3. The zero-order valence-electron chi connectivity index (χ0n) is 16.8. The molecule has 0 unspecified atom stereocenters. The topological polar surface area (TPSA) is 95.0 Å². The molecular weight excluding hydrogens is 413 g/mol. The molecule has 0 saturated carbocycles. The van der Waals surface area contributed by atoms with E-state index in [-0.39, 0.29) is 31.0 Å². The van der Waals surface area contributed by atoms with Gasteiger partial charge >= 0.3 is 6.03 Å². The van der Waals surface area contributed by atoms with Gasteiger partial charge in [-0.3, -0.25) is 4.99 Å². The van der Waals surface area contributed by atoms with Crippen molar-refractivity contribution in [2.24, 2.45) is 4.99 Å². The fourth-order valence-electron chi connectivity index (χ4n) is 3.37. The Balaban J connectivity index is 1.85. The second kappa shape index (κ2) is 10.2. The van der Waals surface area contributed by atoms with Crippen LogP contribution in [-0.4, -0.2) is 49.8 Å². The van der Waals surface area contributed by atoms with Crippen molar-refractivity contribution < 1.29 is 27.8 Å². The number of carbonyl (C=O) groups excluding carboxylic acids is 1. The zero-order chi connectivity index (χ0) is 22.4. The predicted octanol–water partition coefficient (Wildman–Crippen LogP) is 2.77. The smallest absolute Gasteiger partial charge is 0.319 e. The minimum atomic E-state index is -0.850. The fourth-order valence-corrected chi connectivity index (χ4v) is 3.37. The number of carbonyl (C=O) groups is 1. The number of amidine groups is 1. The maximum atomic E-state index is 14.7. The summed E-state index contributed by atoms with van der Waals surface area (Å²) in [7, 11) is 1.31. The highest BCUT2D eigenvalue weighted by Gasteiger charge is 2.38. The SMILES string of the molecule is COc1cc(F)c([C@@H]2CN/C(=N\CCCO)[C@H]2NC(=O)Nc2ccc(F)cc2)c(F)c1. The second-order valence-corrected chi connectivity index (χ2v) is 6.92.